The zero-order chi connectivity index (χ0) is 66.1. The van der Waals surface area contributed by atoms with E-state index in [1.807, 2.05) is 0 Å². The third-order valence-electron chi connectivity index (χ3n) is 17.4. The largest absolute Gasteiger partial charge is 0.472 e. The van der Waals surface area contributed by atoms with Crippen LogP contribution in [0.2, 0.25) is 0 Å². The van der Waals surface area contributed by atoms with E-state index in [1.165, 1.54) is 109 Å². The van der Waals surface area contributed by atoms with Gasteiger partial charge in [0.15, 0.2) is 18.7 Å². The molecule has 2 heterocycles. The lowest BCUT2D eigenvalue weighted by atomic mass is 9.84. The van der Waals surface area contributed by atoms with Gasteiger partial charge < -0.3 is 89.1 Å². The Labute approximate surface area is 536 Å². The van der Waals surface area contributed by atoms with E-state index < -0.39 is 156 Å². The van der Waals surface area contributed by atoms with Crippen LogP contribution in [0.15, 0.2) is 0 Å². The minimum atomic E-state index is -5.68. The summed E-state index contributed by atoms with van der Waals surface area (Å²) in [5.74, 6) is -1.98. The summed E-state index contributed by atoms with van der Waals surface area (Å²) in [6.07, 6.45) is 2.19. The first-order valence-corrected chi connectivity index (χ1v) is 36.3. The number of phosphoric ester groups is 1. The lowest BCUT2D eigenvalue weighted by molar-refractivity contribution is -0.360. The second-order valence-electron chi connectivity index (χ2n) is 25.3. The summed E-state index contributed by atoms with van der Waals surface area (Å²) in [6, 6.07) is 0. The minimum Gasteiger partial charge on any atom is -0.463 e. The average molecular weight is 1320 g/mol. The van der Waals surface area contributed by atoms with Crippen LogP contribution in [0.25, 0.3) is 0 Å². The maximum absolute atomic E-state index is 14.3. The fraction of sp³-hybridized carbons (Fsp3) is 0.954. The Balaban J connectivity index is 1.77. The predicted octanol–water partition coefficient (Wildman–Crippen LogP) is 7.84. The molecule has 25 heteroatoms. The maximum Gasteiger partial charge on any atom is 0.472 e. The van der Waals surface area contributed by atoms with E-state index >= 15 is 0 Å². The van der Waals surface area contributed by atoms with E-state index in [0.717, 1.165) is 96.3 Å². The molecule has 530 valence electrons. The number of carbonyl (C=O) groups is 3. The molecule has 2 aliphatic heterocycles. The number of esters is 3. The van der Waals surface area contributed by atoms with Crippen LogP contribution in [0.5, 0.6) is 0 Å². The number of phosphoric acid groups is 1. The van der Waals surface area contributed by atoms with Crippen molar-refractivity contribution in [2.24, 2.45) is 0 Å². The van der Waals surface area contributed by atoms with Gasteiger partial charge in [0.05, 0.1) is 13.2 Å². The van der Waals surface area contributed by atoms with Gasteiger partial charge in [-0.15, -0.1) is 0 Å². The van der Waals surface area contributed by atoms with Gasteiger partial charge >= 0.3 is 25.7 Å². The Morgan fingerprint density at radius 2 is 0.711 bits per heavy atom. The van der Waals surface area contributed by atoms with Crippen LogP contribution in [-0.4, -0.2) is 204 Å². The SMILES string of the molecule is CCCCCCCCCCCCCCCC(=O)OC(COC(=O)CCCCCCCCCCCCC)COP(=O)(O)OC1C(OC2OC(CO)C(O)C(O)C2O)C(O)C(O)C(O)C1OC1OC(COC(=O)CCCCCCCCCCCCC)C(O)C(O)C1O. The molecule has 90 heavy (non-hydrogen) atoms. The van der Waals surface area contributed by atoms with Gasteiger partial charge in [-0.1, -0.05) is 226 Å². The highest BCUT2D eigenvalue weighted by molar-refractivity contribution is 7.47. The van der Waals surface area contributed by atoms with E-state index in [0.29, 0.717) is 19.3 Å². The Morgan fingerprint density at radius 3 is 1.09 bits per heavy atom. The number of ether oxygens (including phenoxy) is 7. The number of hydrogen-bond acceptors (Lipinski definition) is 23. The monoisotopic (exact) mass is 1320 g/mol. The summed E-state index contributed by atoms with van der Waals surface area (Å²) in [7, 11) is -5.68. The van der Waals surface area contributed by atoms with E-state index in [4.69, 9.17) is 42.2 Å². The standard InChI is InChI=1S/C65H121O24P/c1-4-7-10-13-16-19-22-23-26-29-32-35-38-41-51(69)84-46(43-81-49(67)39-36-33-30-27-24-20-17-14-11-8-5-2)44-83-90(79,80)89-63-61(87-64-59(77)54(72)52(70)47(42-66)85-64)57(75)56(74)58(76)62(63)88-65-60(78)55(73)53(71)48(86-65)45-82-50(68)40-37-34-31-28-25-21-18-15-12-9-6-3/h46-48,52-66,70-78H,4-45H2,1-3H3,(H,79,80). The highest BCUT2D eigenvalue weighted by Crippen LogP contribution is 2.49. The highest BCUT2D eigenvalue weighted by Gasteiger charge is 2.58. The number of carbonyl (C=O) groups excluding carboxylic acids is 3. The summed E-state index contributed by atoms with van der Waals surface area (Å²) in [5.41, 5.74) is 0. The molecule has 1 aliphatic carbocycles. The molecule has 0 aromatic rings. The van der Waals surface area contributed by atoms with Crippen LogP contribution in [0, 0.1) is 0 Å². The molecule has 24 nitrogen and oxygen atoms in total. The van der Waals surface area contributed by atoms with Gasteiger partial charge in [-0.05, 0) is 19.3 Å². The summed E-state index contributed by atoms with van der Waals surface area (Å²) in [6.45, 7) is 3.40. The summed E-state index contributed by atoms with van der Waals surface area (Å²) >= 11 is 0. The van der Waals surface area contributed by atoms with Crippen molar-refractivity contribution in [1.29, 1.82) is 0 Å². The molecule has 0 aromatic carbocycles. The first-order valence-electron chi connectivity index (χ1n) is 34.8. The fourth-order valence-corrected chi connectivity index (χ4v) is 12.6. The molecular weight excluding hydrogens is 1200 g/mol. The van der Waals surface area contributed by atoms with Crippen LogP contribution in [-0.2, 0) is 61.2 Å². The van der Waals surface area contributed by atoms with E-state index in [9.17, 15) is 74.9 Å². The third kappa shape index (κ3) is 32.6. The molecule has 3 rings (SSSR count). The van der Waals surface area contributed by atoms with Crippen molar-refractivity contribution in [2.75, 3.05) is 26.4 Å². The van der Waals surface area contributed by atoms with Crippen molar-refractivity contribution >= 4 is 25.7 Å². The zero-order valence-corrected chi connectivity index (χ0v) is 55.6. The van der Waals surface area contributed by atoms with Crippen molar-refractivity contribution < 1.29 is 117 Å². The van der Waals surface area contributed by atoms with Crippen LogP contribution in [0.4, 0.5) is 0 Å². The maximum atomic E-state index is 14.3. The van der Waals surface area contributed by atoms with Crippen molar-refractivity contribution in [2.45, 2.75) is 369 Å². The number of hydrogen-bond donors (Lipinski definition) is 11. The summed E-state index contributed by atoms with van der Waals surface area (Å²) in [4.78, 5) is 50.7. The van der Waals surface area contributed by atoms with Gasteiger partial charge in [-0.2, -0.15) is 0 Å². The second kappa shape index (κ2) is 48.6. The normalized spacial score (nSPS) is 29.0. The van der Waals surface area contributed by atoms with Gasteiger partial charge in [-0.25, -0.2) is 4.57 Å². The van der Waals surface area contributed by atoms with Crippen molar-refractivity contribution in [1.82, 2.24) is 0 Å². The first-order chi connectivity index (χ1) is 43.3. The first kappa shape index (κ1) is 82.2. The van der Waals surface area contributed by atoms with E-state index in [1.54, 1.807) is 0 Å². The van der Waals surface area contributed by atoms with Gasteiger partial charge in [0.25, 0.3) is 0 Å². The van der Waals surface area contributed by atoms with Gasteiger partial charge in [0.2, 0.25) is 0 Å². The molecule has 1 saturated carbocycles. The molecule has 18 unspecified atom stereocenters. The predicted molar refractivity (Wildman–Crippen MR) is 333 cm³/mol. The Bertz CT molecular complexity index is 1890. The third-order valence-corrected chi connectivity index (χ3v) is 18.4. The Morgan fingerprint density at radius 1 is 0.389 bits per heavy atom. The Hall–Kier alpha value is -2.04. The number of aliphatic hydroxyl groups is 10. The fourth-order valence-electron chi connectivity index (χ4n) is 11.6. The molecular formula is C65H121O24P. The zero-order valence-electron chi connectivity index (χ0n) is 54.7. The van der Waals surface area contributed by atoms with Crippen LogP contribution in [0.1, 0.15) is 265 Å². The molecule has 11 N–H and O–H groups in total. The van der Waals surface area contributed by atoms with Gasteiger partial charge in [-0.3, -0.25) is 23.4 Å². The second-order valence-corrected chi connectivity index (χ2v) is 26.7. The lowest BCUT2D eigenvalue weighted by Gasteiger charge is -2.49. The van der Waals surface area contributed by atoms with Crippen molar-refractivity contribution in [3.05, 3.63) is 0 Å². The Kier molecular flexibility index (Phi) is 44.4. The molecule has 3 fully saturated rings. The highest BCUT2D eigenvalue weighted by atomic mass is 31.2. The summed E-state index contributed by atoms with van der Waals surface area (Å²) in [5, 5.41) is 110. The van der Waals surface area contributed by atoms with Crippen LogP contribution >= 0.6 is 7.82 Å². The minimum absolute atomic E-state index is 0.0326. The molecule has 0 bridgehead atoms. The molecule has 0 amide bonds. The average Bonchev–Trinajstić information content (AvgIpc) is 0.774. The summed E-state index contributed by atoms with van der Waals surface area (Å²) < 4.78 is 64.8. The lowest BCUT2D eigenvalue weighted by Crippen LogP contribution is -2.69. The molecule has 0 aromatic heterocycles. The molecule has 0 radical (unpaired) electrons. The van der Waals surface area contributed by atoms with Crippen molar-refractivity contribution in [3.63, 3.8) is 0 Å². The molecule has 3 aliphatic rings. The number of unbranched alkanes of at least 4 members (excludes halogenated alkanes) is 32. The topological polar surface area (TPSA) is 374 Å². The molecule has 2 saturated heterocycles. The smallest absolute Gasteiger partial charge is 0.463 e. The molecule has 18 atom stereocenters. The van der Waals surface area contributed by atoms with E-state index in [2.05, 4.69) is 20.8 Å². The van der Waals surface area contributed by atoms with Crippen molar-refractivity contribution in [3.8, 4) is 0 Å². The number of aliphatic hydroxyl groups excluding tert-OH is 10. The van der Waals surface area contributed by atoms with E-state index in [-0.39, 0.29) is 19.3 Å². The van der Waals surface area contributed by atoms with Crippen LogP contribution in [0.3, 0.4) is 0 Å². The number of rotatable bonds is 53. The van der Waals surface area contributed by atoms with Gasteiger partial charge in [0, 0.05) is 19.3 Å². The van der Waals surface area contributed by atoms with Gasteiger partial charge in [0.1, 0.15) is 98.7 Å². The van der Waals surface area contributed by atoms with Crippen LogP contribution < -0.4 is 0 Å². The quantitative estimate of drug-likeness (QED) is 0.0119. The molecule has 0 spiro atoms.